The summed E-state index contributed by atoms with van der Waals surface area (Å²) in [4.78, 5) is 0. The zero-order valence-electron chi connectivity index (χ0n) is 8.74. The number of nitrogens with one attached hydrogen (secondary N) is 1. The van der Waals surface area contributed by atoms with Gasteiger partial charge in [0.15, 0.2) is 0 Å². The molecular formula is C11H11BrFN3. The fraction of sp³-hybridized carbons (Fsp3) is 0.182. The first-order valence-corrected chi connectivity index (χ1v) is 5.61. The molecule has 5 heteroatoms. The largest absolute Gasteiger partial charge is 0.381 e. The molecule has 0 fully saturated rings. The third-order valence-corrected chi connectivity index (χ3v) is 2.78. The van der Waals surface area contributed by atoms with Crippen LogP contribution >= 0.6 is 15.9 Å². The van der Waals surface area contributed by atoms with E-state index < -0.39 is 0 Å². The van der Waals surface area contributed by atoms with E-state index in [1.165, 1.54) is 6.07 Å². The summed E-state index contributed by atoms with van der Waals surface area (Å²) in [6.07, 6.45) is 3.73. The standard InChI is InChI=1S/C11H11BrFN3/c1-16-7-8(6-15-16)5-14-9-2-3-11(13)10(12)4-9/h2-4,6-7,14H,5H2,1H3. The fourth-order valence-electron chi connectivity index (χ4n) is 1.37. The molecule has 0 amide bonds. The monoisotopic (exact) mass is 283 g/mol. The minimum Gasteiger partial charge on any atom is -0.381 e. The van der Waals surface area contributed by atoms with E-state index in [4.69, 9.17) is 0 Å². The Morgan fingerprint density at radius 1 is 1.50 bits per heavy atom. The second kappa shape index (κ2) is 4.65. The van der Waals surface area contributed by atoms with Crippen LogP contribution < -0.4 is 5.32 Å². The molecule has 0 aliphatic heterocycles. The van der Waals surface area contributed by atoms with Gasteiger partial charge >= 0.3 is 0 Å². The van der Waals surface area contributed by atoms with Crippen molar-refractivity contribution in [1.29, 1.82) is 0 Å². The summed E-state index contributed by atoms with van der Waals surface area (Å²) in [5.41, 5.74) is 1.96. The van der Waals surface area contributed by atoms with Gasteiger partial charge in [0.05, 0.1) is 10.7 Å². The Morgan fingerprint density at radius 2 is 2.31 bits per heavy atom. The van der Waals surface area contributed by atoms with Gasteiger partial charge in [-0.25, -0.2) is 4.39 Å². The average Bonchev–Trinajstić information content (AvgIpc) is 2.66. The number of aryl methyl sites for hydroxylation is 1. The molecule has 0 unspecified atom stereocenters. The van der Waals surface area contributed by atoms with E-state index >= 15 is 0 Å². The van der Waals surface area contributed by atoms with E-state index in [-0.39, 0.29) is 5.82 Å². The summed E-state index contributed by atoms with van der Waals surface area (Å²) in [5.74, 6) is -0.257. The van der Waals surface area contributed by atoms with Crippen LogP contribution in [-0.4, -0.2) is 9.78 Å². The van der Waals surface area contributed by atoms with Crippen LogP contribution in [0.4, 0.5) is 10.1 Å². The lowest BCUT2D eigenvalue weighted by molar-refractivity contribution is 0.621. The third-order valence-electron chi connectivity index (χ3n) is 2.17. The molecule has 0 spiro atoms. The number of benzene rings is 1. The summed E-state index contributed by atoms with van der Waals surface area (Å²) >= 11 is 3.14. The van der Waals surface area contributed by atoms with Crippen LogP contribution in [0.25, 0.3) is 0 Å². The summed E-state index contributed by atoms with van der Waals surface area (Å²) < 4.78 is 15.2. The van der Waals surface area contributed by atoms with Gasteiger partial charge in [0, 0.05) is 31.0 Å². The summed E-state index contributed by atoms with van der Waals surface area (Å²) in [6.45, 7) is 0.673. The molecule has 1 heterocycles. The van der Waals surface area contributed by atoms with Gasteiger partial charge in [-0.2, -0.15) is 5.10 Å². The highest BCUT2D eigenvalue weighted by Gasteiger charge is 2.01. The van der Waals surface area contributed by atoms with Crippen LogP contribution in [0.1, 0.15) is 5.56 Å². The van der Waals surface area contributed by atoms with E-state index in [1.807, 2.05) is 13.2 Å². The van der Waals surface area contributed by atoms with Crippen molar-refractivity contribution in [3.63, 3.8) is 0 Å². The van der Waals surface area contributed by atoms with Crippen molar-refractivity contribution < 1.29 is 4.39 Å². The first-order chi connectivity index (χ1) is 7.65. The lowest BCUT2D eigenvalue weighted by atomic mass is 10.3. The quantitative estimate of drug-likeness (QED) is 0.939. The van der Waals surface area contributed by atoms with Crippen molar-refractivity contribution in [2.45, 2.75) is 6.54 Å². The van der Waals surface area contributed by atoms with Crippen molar-refractivity contribution in [1.82, 2.24) is 9.78 Å². The SMILES string of the molecule is Cn1cc(CNc2ccc(F)c(Br)c2)cn1. The van der Waals surface area contributed by atoms with Gasteiger partial charge < -0.3 is 5.32 Å². The van der Waals surface area contributed by atoms with Crippen LogP contribution in [-0.2, 0) is 13.6 Å². The van der Waals surface area contributed by atoms with Gasteiger partial charge in [-0.1, -0.05) is 0 Å². The number of hydrogen-bond donors (Lipinski definition) is 1. The molecular weight excluding hydrogens is 273 g/mol. The molecule has 2 aromatic rings. The Hall–Kier alpha value is -1.36. The molecule has 0 atom stereocenters. The second-order valence-electron chi connectivity index (χ2n) is 3.50. The smallest absolute Gasteiger partial charge is 0.137 e. The fourth-order valence-corrected chi connectivity index (χ4v) is 1.75. The Bertz CT molecular complexity index is 496. The Kier molecular flexibility index (Phi) is 3.24. The number of anilines is 1. The van der Waals surface area contributed by atoms with Crippen molar-refractivity contribution >= 4 is 21.6 Å². The summed E-state index contributed by atoms with van der Waals surface area (Å²) in [5, 5.41) is 7.26. The van der Waals surface area contributed by atoms with Gasteiger partial charge in [-0.05, 0) is 34.1 Å². The number of nitrogens with zero attached hydrogens (tertiary/aromatic N) is 2. The molecule has 2 rings (SSSR count). The van der Waals surface area contributed by atoms with E-state index in [1.54, 1.807) is 23.0 Å². The molecule has 0 bridgehead atoms. The average molecular weight is 284 g/mol. The zero-order valence-corrected chi connectivity index (χ0v) is 10.3. The van der Waals surface area contributed by atoms with E-state index in [9.17, 15) is 4.39 Å². The molecule has 1 aromatic carbocycles. The van der Waals surface area contributed by atoms with Crippen LogP contribution in [0.3, 0.4) is 0 Å². The van der Waals surface area contributed by atoms with Crippen molar-refractivity contribution in [3.05, 3.63) is 46.4 Å². The molecule has 1 aromatic heterocycles. The predicted octanol–water partition coefficient (Wildman–Crippen LogP) is 2.93. The predicted molar refractivity (Wildman–Crippen MR) is 64.6 cm³/mol. The van der Waals surface area contributed by atoms with Crippen molar-refractivity contribution in [2.24, 2.45) is 7.05 Å². The van der Waals surface area contributed by atoms with E-state index in [2.05, 4.69) is 26.3 Å². The Balaban J connectivity index is 2.02. The molecule has 0 saturated heterocycles. The van der Waals surface area contributed by atoms with Crippen molar-refractivity contribution in [3.8, 4) is 0 Å². The van der Waals surface area contributed by atoms with Crippen LogP contribution in [0.2, 0.25) is 0 Å². The highest BCUT2D eigenvalue weighted by molar-refractivity contribution is 9.10. The van der Waals surface area contributed by atoms with Gasteiger partial charge in [-0.3, -0.25) is 4.68 Å². The van der Waals surface area contributed by atoms with Gasteiger partial charge in [0.1, 0.15) is 5.82 Å². The maximum Gasteiger partial charge on any atom is 0.137 e. The Morgan fingerprint density at radius 3 is 2.94 bits per heavy atom. The summed E-state index contributed by atoms with van der Waals surface area (Å²) in [6, 6.07) is 4.85. The maximum absolute atomic E-state index is 13.0. The second-order valence-corrected chi connectivity index (χ2v) is 4.36. The first-order valence-electron chi connectivity index (χ1n) is 4.81. The summed E-state index contributed by atoms with van der Waals surface area (Å²) in [7, 11) is 1.87. The minimum atomic E-state index is -0.257. The molecule has 0 radical (unpaired) electrons. The molecule has 0 saturated carbocycles. The Labute approximate surface area is 101 Å². The first kappa shape index (κ1) is 11.1. The van der Waals surface area contributed by atoms with Crippen LogP contribution in [0.15, 0.2) is 35.1 Å². The lowest BCUT2D eigenvalue weighted by Crippen LogP contribution is -1.98. The number of rotatable bonds is 3. The van der Waals surface area contributed by atoms with Crippen LogP contribution in [0, 0.1) is 5.82 Å². The molecule has 84 valence electrons. The highest BCUT2D eigenvalue weighted by Crippen LogP contribution is 2.20. The van der Waals surface area contributed by atoms with Crippen molar-refractivity contribution in [2.75, 3.05) is 5.32 Å². The van der Waals surface area contributed by atoms with E-state index in [0.29, 0.717) is 11.0 Å². The van der Waals surface area contributed by atoms with E-state index in [0.717, 1.165) is 11.3 Å². The zero-order chi connectivity index (χ0) is 11.5. The molecule has 0 aliphatic carbocycles. The van der Waals surface area contributed by atoms with Gasteiger partial charge in [0.2, 0.25) is 0 Å². The minimum absolute atomic E-state index is 0.257. The molecule has 16 heavy (non-hydrogen) atoms. The number of aromatic nitrogens is 2. The van der Waals surface area contributed by atoms with Crippen LogP contribution in [0.5, 0.6) is 0 Å². The maximum atomic E-state index is 13.0. The normalized spacial score (nSPS) is 10.4. The molecule has 3 nitrogen and oxygen atoms in total. The topological polar surface area (TPSA) is 29.9 Å². The number of halogens is 2. The van der Waals surface area contributed by atoms with Gasteiger partial charge in [0.25, 0.3) is 0 Å². The highest BCUT2D eigenvalue weighted by atomic mass is 79.9. The lowest BCUT2D eigenvalue weighted by Gasteiger charge is -2.05. The molecule has 0 aliphatic rings. The number of hydrogen-bond acceptors (Lipinski definition) is 2. The third kappa shape index (κ3) is 2.61. The molecule has 1 N–H and O–H groups in total. The van der Waals surface area contributed by atoms with Gasteiger partial charge in [-0.15, -0.1) is 0 Å².